The summed E-state index contributed by atoms with van der Waals surface area (Å²) in [6.07, 6.45) is 7.85. The molecule has 1 N–H and O–H groups in total. The molecule has 0 saturated heterocycles. The van der Waals surface area contributed by atoms with Crippen LogP contribution in [0.2, 0.25) is 0 Å². The van der Waals surface area contributed by atoms with Gasteiger partial charge < -0.3 is 5.32 Å². The van der Waals surface area contributed by atoms with Crippen LogP contribution in [0.25, 0.3) is 0 Å². The molecular weight excluding hydrogens is 218 g/mol. The second kappa shape index (κ2) is 4.32. The highest BCUT2D eigenvalue weighted by atomic mass is 32.1. The fraction of sp³-hybridized carbons (Fsp3) is 0.833. The molecule has 0 atom stereocenters. The van der Waals surface area contributed by atoms with Crippen LogP contribution >= 0.6 is 11.5 Å². The summed E-state index contributed by atoms with van der Waals surface area (Å²) in [5.74, 6) is 2.63. The number of hydrogen-bond acceptors (Lipinski definition) is 4. The summed E-state index contributed by atoms with van der Waals surface area (Å²) < 4.78 is 4.51. The van der Waals surface area contributed by atoms with Crippen molar-refractivity contribution in [3.8, 4) is 0 Å². The molecule has 1 heterocycles. The minimum atomic E-state index is 0.627. The third-order valence-corrected chi connectivity index (χ3v) is 4.39. The predicted octanol–water partition coefficient (Wildman–Crippen LogP) is 3.41. The molecule has 0 amide bonds. The van der Waals surface area contributed by atoms with Gasteiger partial charge in [0, 0.05) is 23.5 Å². The van der Waals surface area contributed by atoms with Gasteiger partial charge in [-0.25, -0.2) is 4.98 Å². The summed E-state index contributed by atoms with van der Waals surface area (Å²) in [7, 11) is 0. The van der Waals surface area contributed by atoms with Crippen LogP contribution < -0.4 is 5.32 Å². The highest BCUT2D eigenvalue weighted by Gasteiger charge is 2.25. The molecule has 16 heavy (non-hydrogen) atoms. The quantitative estimate of drug-likeness (QED) is 0.875. The molecule has 0 spiro atoms. The van der Waals surface area contributed by atoms with Crippen molar-refractivity contribution in [1.29, 1.82) is 0 Å². The van der Waals surface area contributed by atoms with E-state index in [4.69, 9.17) is 0 Å². The summed E-state index contributed by atoms with van der Waals surface area (Å²) in [6.45, 7) is 2.35. The van der Waals surface area contributed by atoms with Gasteiger partial charge in [0.25, 0.3) is 0 Å². The smallest absolute Gasteiger partial charge is 0.202 e. The Hall–Kier alpha value is -0.640. The summed E-state index contributed by atoms with van der Waals surface area (Å²) >= 11 is 1.54. The van der Waals surface area contributed by atoms with E-state index < -0.39 is 0 Å². The maximum atomic E-state index is 4.64. The molecule has 2 saturated carbocycles. The van der Waals surface area contributed by atoms with Crippen molar-refractivity contribution in [2.75, 3.05) is 5.32 Å². The molecule has 1 aromatic heterocycles. The lowest BCUT2D eigenvalue weighted by atomic mass is 9.83. The van der Waals surface area contributed by atoms with Crippen LogP contribution in [0.5, 0.6) is 0 Å². The molecule has 0 bridgehead atoms. The zero-order valence-corrected chi connectivity index (χ0v) is 10.6. The first kappa shape index (κ1) is 10.5. The molecule has 1 aromatic rings. The topological polar surface area (TPSA) is 37.8 Å². The average molecular weight is 237 g/mol. The van der Waals surface area contributed by atoms with E-state index in [2.05, 4.69) is 21.6 Å². The monoisotopic (exact) mass is 237 g/mol. The van der Waals surface area contributed by atoms with Gasteiger partial charge >= 0.3 is 0 Å². The lowest BCUT2D eigenvalue weighted by molar-refractivity contribution is 0.341. The van der Waals surface area contributed by atoms with Crippen molar-refractivity contribution in [3.05, 3.63) is 5.82 Å². The molecular formula is C12H19N3S. The Kier molecular flexibility index (Phi) is 2.84. The van der Waals surface area contributed by atoms with Gasteiger partial charge in [0.1, 0.15) is 5.82 Å². The van der Waals surface area contributed by atoms with E-state index in [0.717, 1.165) is 16.9 Å². The first-order valence-corrected chi connectivity index (χ1v) is 7.19. The van der Waals surface area contributed by atoms with Gasteiger partial charge in [-0.15, -0.1) is 0 Å². The van der Waals surface area contributed by atoms with Crippen LogP contribution in [0.4, 0.5) is 5.13 Å². The molecule has 0 aromatic carbocycles. The Balaban J connectivity index is 1.62. The standard InChI is InChI=1S/C12H19N3S/c1-8-2-4-9(5-3-8)11-14-12(16-15-11)13-10-6-7-10/h8-10H,2-7H2,1H3,(H,13,14,15). The molecule has 2 aliphatic rings. The number of rotatable bonds is 3. The van der Waals surface area contributed by atoms with E-state index >= 15 is 0 Å². The van der Waals surface area contributed by atoms with Gasteiger partial charge in [0.05, 0.1) is 0 Å². The highest BCUT2D eigenvalue weighted by Crippen LogP contribution is 2.35. The molecule has 2 aliphatic carbocycles. The fourth-order valence-electron chi connectivity index (χ4n) is 2.38. The maximum Gasteiger partial charge on any atom is 0.202 e. The maximum absolute atomic E-state index is 4.64. The largest absolute Gasteiger partial charge is 0.358 e. The van der Waals surface area contributed by atoms with E-state index in [-0.39, 0.29) is 0 Å². The van der Waals surface area contributed by atoms with Gasteiger partial charge in [-0.05, 0) is 31.6 Å². The first-order valence-electron chi connectivity index (χ1n) is 6.41. The van der Waals surface area contributed by atoms with Crippen molar-refractivity contribution in [1.82, 2.24) is 9.36 Å². The van der Waals surface area contributed by atoms with Crippen molar-refractivity contribution < 1.29 is 0 Å². The van der Waals surface area contributed by atoms with E-state index in [0.29, 0.717) is 12.0 Å². The van der Waals surface area contributed by atoms with Crippen molar-refractivity contribution in [2.24, 2.45) is 5.92 Å². The number of nitrogens with zero attached hydrogens (tertiary/aromatic N) is 2. The van der Waals surface area contributed by atoms with Crippen LogP contribution in [0.1, 0.15) is 57.2 Å². The third-order valence-electron chi connectivity index (χ3n) is 3.73. The van der Waals surface area contributed by atoms with Gasteiger partial charge in [-0.2, -0.15) is 4.37 Å². The second-order valence-electron chi connectivity index (χ2n) is 5.33. The van der Waals surface area contributed by atoms with Crippen LogP contribution in [0.15, 0.2) is 0 Å². The van der Waals surface area contributed by atoms with Crippen LogP contribution in [0, 0.1) is 5.92 Å². The van der Waals surface area contributed by atoms with E-state index in [1.165, 1.54) is 38.5 Å². The summed E-state index contributed by atoms with van der Waals surface area (Å²) in [5, 5.41) is 4.47. The molecule has 3 nitrogen and oxygen atoms in total. The van der Waals surface area contributed by atoms with Crippen molar-refractivity contribution in [2.45, 2.75) is 57.4 Å². The summed E-state index contributed by atoms with van der Waals surface area (Å²) in [6, 6.07) is 0.687. The third kappa shape index (κ3) is 2.37. The van der Waals surface area contributed by atoms with Crippen LogP contribution in [-0.4, -0.2) is 15.4 Å². The van der Waals surface area contributed by atoms with E-state index in [1.807, 2.05) is 0 Å². The molecule has 0 unspecified atom stereocenters. The molecule has 88 valence electrons. The van der Waals surface area contributed by atoms with Gasteiger partial charge in [0.15, 0.2) is 0 Å². The van der Waals surface area contributed by atoms with Crippen LogP contribution in [-0.2, 0) is 0 Å². The van der Waals surface area contributed by atoms with Gasteiger partial charge in [-0.1, -0.05) is 19.8 Å². The summed E-state index contributed by atoms with van der Waals surface area (Å²) in [5.41, 5.74) is 0. The Labute approximate surface area is 101 Å². The zero-order valence-electron chi connectivity index (χ0n) is 9.78. The average Bonchev–Trinajstić information content (AvgIpc) is 2.97. The second-order valence-corrected chi connectivity index (χ2v) is 6.08. The minimum Gasteiger partial charge on any atom is -0.358 e. The lowest BCUT2D eigenvalue weighted by Gasteiger charge is -2.23. The molecule has 2 fully saturated rings. The van der Waals surface area contributed by atoms with Crippen molar-refractivity contribution in [3.63, 3.8) is 0 Å². The highest BCUT2D eigenvalue weighted by molar-refractivity contribution is 7.09. The Bertz CT molecular complexity index is 351. The summed E-state index contributed by atoms with van der Waals surface area (Å²) in [4.78, 5) is 4.64. The SMILES string of the molecule is CC1CCC(c2nsc(NC3CC3)n2)CC1. The van der Waals surface area contributed by atoms with Crippen LogP contribution in [0.3, 0.4) is 0 Å². The molecule has 3 rings (SSSR count). The number of anilines is 1. The number of nitrogens with one attached hydrogen (secondary N) is 1. The fourth-order valence-corrected chi connectivity index (χ4v) is 3.10. The minimum absolute atomic E-state index is 0.627. The van der Waals surface area contributed by atoms with Crippen molar-refractivity contribution >= 4 is 16.7 Å². The zero-order chi connectivity index (χ0) is 11.0. The Morgan fingerprint density at radius 3 is 2.56 bits per heavy atom. The molecule has 0 radical (unpaired) electrons. The Morgan fingerprint density at radius 2 is 1.88 bits per heavy atom. The predicted molar refractivity (Wildman–Crippen MR) is 66.9 cm³/mol. The van der Waals surface area contributed by atoms with Gasteiger partial charge in [-0.3, -0.25) is 0 Å². The molecule has 4 heteroatoms. The van der Waals surface area contributed by atoms with E-state index in [1.54, 1.807) is 11.5 Å². The normalized spacial score (nSPS) is 30.3. The van der Waals surface area contributed by atoms with Gasteiger partial charge in [0.2, 0.25) is 5.13 Å². The Morgan fingerprint density at radius 1 is 1.12 bits per heavy atom. The first-order chi connectivity index (χ1) is 7.81. The van der Waals surface area contributed by atoms with E-state index in [9.17, 15) is 0 Å². The molecule has 0 aliphatic heterocycles. The number of hydrogen-bond donors (Lipinski definition) is 1. The number of aromatic nitrogens is 2. The lowest BCUT2D eigenvalue weighted by Crippen LogP contribution is -2.12.